The number of hydrogen-bond donors (Lipinski definition) is 2. The Morgan fingerprint density at radius 3 is 2.44 bits per heavy atom. The molecule has 0 amide bonds. The molecule has 1 heterocycles. The first-order valence-corrected chi connectivity index (χ1v) is 11.3. The average Bonchev–Trinajstić information content (AvgIpc) is 2.72. The first kappa shape index (κ1) is 23.9. The molecule has 0 saturated heterocycles. The summed E-state index contributed by atoms with van der Waals surface area (Å²) in [5.41, 5.74) is 5.22. The quantitative estimate of drug-likeness (QED) is 0.641. The number of carbonyl (C=O) groups excluding carboxylic acids is 1. The summed E-state index contributed by atoms with van der Waals surface area (Å²) in [5.74, 6) is -0.724. The molecule has 0 spiro atoms. The van der Waals surface area contributed by atoms with E-state index in [-0.39, 0.29) is 23.4 Å². The molecular formula is C20H23F3N4O4S. The molecule has 1 fully saturated rings. The minimum Gasteiger partial charge on any atom is -0.469 e. The number of esters is 1. The number of ether oxygens (including phenoxy) is 1. The van der Waals surface area contributed by atoms with Crippen molar-refractivity contribution in [2.24, 2.45) is 5.92 Å². The fourth-order valence-corrected chi connectivity index (χ4v) is 5.37. The van der Waals surface area contributed by atoms with Crippen molar-refractivity contribution >= 4 is 21.9 Å². The molecule has 0 atom stereocenters. The largest absolute Gasteiger partial charge is 0.469 e. The maximum atomic E-state index is 13.6. The van der Waals surface area contributed by atoms with Gasteiger partial charge >= 0.3 is 12.1 Å². The normalized spacial score (nSPS) is 19.5. The lowest BCUT2D eigenvalue weighted by Gasteiger charge is -2.28. The summed E-state index contributed by atoms with van der Waals surface area (Å²) in [6.07, 6.45) is -2.16. The number of sulfonamides is 1. The smallest absolute Gasteiger partial charge is 0.417 e. The van der Waals surface area contributed by atoms with Gasteiger partial charge in [0.25, 0.3) is 0 Å². The van der Waals surface area contributed by atoms with Crippen molar-refractivity contribution in [3.05, 3.63) is 35.7 Å². The highest BCUT2D eigenvalue weighted by atomic mass is 32.2. The summed E-state index contributed by atoms with van der Waals surface area (Å²) < 4.78 is 73.9. The third-order valence-electron chi connectivity index (χ3n) is 5.47. The molecule has 0 bridgehead atoms. The van der Waals surface area contributed by atoms with E-state index >= 15 is 0 Å². The van der Waals surface area contributed by atoms with E-state index in [1.807, 2.05) is 0 Å². The highest BCUT2D eigenvalue weighted by molar-refractivity contribution is 7.89. The SMILES string of the molecule is COC(=O)C1CCC(NS(=O)(=O)c2cc(-c3cnc(N)nc3C)ccc2C(F)(F)F)CC1. The van der Waals surface area contributed by atoms with Gasteiger partial charge in [-0.3, -0.25) is 4.79 Å². The van der Waals surface area contributed by atoms with Crippen LogP contribution < -0.4 is 10.5 Å². The maximum absolute atomic E-state index is 13.6. The number of anilines is 1. The number of nitrogen functional groups attached to an aromatic ring is 1. The fraction of sp³-hybridized carbons (Fsp3) is 0.450. The first-order valence-electron chi connectivity index (χ1n) is 9.83. The van der Waals surface area contributed by atoms with Crippen LogP contribution in [-0.4, -0.2) is 37.5 Å². The fourth-order valence-electron chi connectivity index (χ4n) is 3.81. The molecule has 1 aliphatic rings. The van der Waals surface area contributed by atoms with Gasteiger partial charge in [0, 0.05) is 17.8 Å². The molecule has 8 nitrogen and oxygen atoms in total. The molecule has 0 unspecified atom stereocenters. The maximum Gasteiger partial charge on any atom is 0.417 e. The lowest BCUT2D eigenvalue weighted by atomic mass is 9.86. The van der Waals surface area contributed by atoms with Crippen LogP contribution in [0.5, 0.6) is 0 Å². The third kappa shape index (κ3) is 5.18. The molecule has 3 N–H and O–H groups in total. The van der Waals surface area contributed by atoms with Crippen LogP contribution in [0.25, 0.3) is 11.1 Å². The van der Waals surface area contributed by atoms with E-state index in [9.17, 15) is 26.4 Å². The van der Waals surface area contributed by atoms with Crippen LogP contribution in [0.1, 0.15) is 36.9 Å². The number of methoxy groups -OCH3 is 1. The predicted molar refractivity (Wildman–Crippen MR) is 110 cm³/mol. The third-order valence-corrected chi connectivity index (χ3v) is 7.03. The Morgan fingerprint density at radius 1 is 1.22 bits per heavy atom. The highest BCUT2D eigenvalue weighted by Gasteiger charge is 2.38. The Labute approximate surface area is 183 Å². The van der Waals surface area contributed by atoms with Gasteiger partial charge in [0.05, 0.1) is 29.2 Å². The van der Waals surface area contributed by atoms with Crippen LogP contribution in [0.15, 0.2) is 29.3 Å². The van der Waals surface area contributed by atoms with Crippen molar-refractivity contribution in [1.82, 2.24) is 14.7 Å². The number of alkyl halides is 3. The van der Waals surface area contributed by atoms with Gasteiger partial charge in [-0.15, -0.1) is 0 Å². The topological polar surface area (TPSA) is 124 Å². The molecule has 12 heteroatoms. The van der Waals surface area contributed by atoms with Gasteiger partial charge in [-0.25, -0.2) is 23.1 Å². The number of aryl methyl sites for hydroxylation is 1. The van der Waals surface area contributed by atoms with Gasteiger partial charge in [0.15, 0.2) is 0 Å². The number of benzene rings is 1. The van der Waals surface area contributed by atoms with Crippen LogP contribution in [0.3, 0.4) is 0 Å². The van der Waals surface area contributed by atoms with Crippen LogP contribution in [0, 0.1) is 12.8 Å². The van der Waals surface area contributed by atoms with Crippen molar-refractivity contribution in [2.45, 2.75) is 49.7 Å². The zero-order chi connectivity index (χ0) is 23.7. The predicted octanol–water partition coefficient (Wildman–Crippen LogP) is 3.06. The molecule has 0 radical (unpaired) electrons. The molecule has 0 aliphatic heterocycles. The number of rotatable bonds is 5. The zero-order valence-corrected chi connectivity index (χ0v) is 18.3. The number of halogens is 3. The van der Waals surface area contributed by atoms with Crippen molar-refractivity contribution in [3.8, 4) is 11.1 Å². The first-order chi connectivity index (χ1) is 14.9. The van der Waals surface area contributed by atoms with Crippen LogP contribution in [0.2, 0.25) is 0 Å². The Morgan fingerprint density at radius 2 is 1.88 bits per heavy atom. The van der Waals surface area contributed by atoms with E-state index in [2.05, 4.69) is 14.7 Å². The molecule has 1 aliphatic carbocycles. The van der Waals surface area contributed by atoms with Gasteiger partial charge in [-0.1, -0.05) is 6.07 Å². The van der Waals surface area contributed by atoms with E-state index in [4.69, 9.17) is 10.5 Å². The number of nitrogens with zero attached hydrogens (tertiary/aromatic N) is 2. The minimum absolute atomic E-state index is 0.00442. The summed E-state index contributed by atoms with van der Waals surface area (Å²) in [5, 5.41) is 0. The monoisotopic (exact) mass is 472 g/mol. The van der Waals surface area contributed by atoms with E-state index in [1.54, 1.807) is 6.92 Å². The molecule has 1 aromatic heterocycles. The summed E-state index contributed by atoms with van der Waals surface area (Å²) in [4.78, 5) is 18.6. The van der Waals surface area contributed by atoms with Crippen molar-refractivity contribution < 1.29 is 31.1 Å². The van der Waals surface area contributed by atoms with Crippen molar-refractivity contribution in [1.29, 1.82) is 0 Å². The van der Waals surface area contributed by atoms with E-state index < -0.39 is 32.7 Å². The summed E-state index contributed by atoms with van der Waals surface area (Å²) in [6, 6.07) is 2.28. The number of carbonyl (C=O) groups is 1. The van der Waals surface area contributed by atoms with Crippen LogP contribution >= 0.6 is 0 Å². The lowest BCUT2D eigenvalue weighted by molar-refractivity contribution is -0.146. The number of nitrogens with one attached hydrogen (secondary N) is 1. The number of hydrogen-bond acceptors (Lipinski definition) is 7. The Hall–Kier alpha value is -2.73. The Balaban J connectivity index is 1.94. The van der Waals surface area contributed by atoms with Gasteiger partial charge in [-0.2, -0.15) is 13.2 Å². The van der Waals surface area contributed by atoms with Crippen molar-refractivity contribution in [2.75, 3.05) is 12.8 Å². The van der Waals surface area contributed by atoms with E-state index in [1.165, 1.54) is 19.4 Å². The highest BCUT2D eigenvalue weighted by Crippen LogP contribution is 2.37. The molecule has 3 rings (SSSR count). The molecule has 1 saturated carbocycles. The molecule has 1 aromatic carbocycles. The number of aromatic nitrogens is 2. The second-order valence-electron chi connectivity index (χ2n) is 7.63. The minimum atomic E-state index is -4.88. The molecular weight excluding hydrogens is 449 g/mol. The molecule has 174 valence electrons. The van der Waals surface area contributed by atoms with Gasteiger partial charge in [0.2, 0.25) is 16.0 Å². The summed E-state index contributed by atoms with van der Waals surface area (Å²) in [6.45, 7) is 1.59. The standard InChI is InChI=1S/C20H23F3N4O4S/c1-11-15(10-25-19(24)26-11)13-5-8-16(20(21,22)23)17(9-13)32(29,30)27-14-6-3-12(4-7-14)18(28)31-2/h5,8-10,12,14,27H,3-4,6-7H2,1-2H3,(H2,24,25,26). The second kappa shape index (κ2) is 9.02. The summed E-state index contributed by atoms with van der Waals surface area (Å²) >= 11 is 0. The van der Waals surface area contributed by atoms with Gasteiger partial charge in [0.1, 0.15) is 0 Å². The van der Waals surface area contributed by atoms with Gasteiger partial charge in [-0.05, 0) is 50.3 Å². The van der Waals surface area contributed by atoms with E-state index in [0.717, 1.165) is 12.1 Å². The van der Waals surface area contributed by atoms with Crippen molar-refractivity contribution in [3.63, 3.8) is 0 Å². The Kier molecular flexibility index (Phi) is 6.75. The van der Waals surface area contributed by atoms with Gasteiger partial charge < -0.3 is 10.5 Å². The van der Waals surface area contributed by atoms with Crippen LogP contribution in [0.4, 0.5) is 19.1 Å². The Bertz CT molecular complexity index is 1110. The van der Waals surface area contributed by atoms with E-state index in [0.29, 0.717) is 36.9 Å². The second-order valence-corrected chi connectivity index (χ2v) is 9.31. The average molecular weight is 472 g/mol. The zero-order valence-electron chi connectivity index (χ0n) is 17.4. The number of nitrogens with two attached hydrogens (primary N) is 1. The van der Waals surface area contributed by atoms with Crippen LogP contribution in [-0.2, 0) is 25.7 Å². The lowest BCUT2D eigenvalue weighted by Crippen LogP contribution is -2.39. The molecule has 32 heavy (non-hydrogen) atoms. The molecule has 2 aromatic rings. The summed E-state index contributed by atoms with van der Waals surface area (Å²) in [7, 11) is -3.25.